The maximum absolute atomic E-state index is 13.0. The van der Waals surface area contributed by atoms with Gasteiger partial charge in [-0.1, -0.05) is 6.07 Å². The molecule has 0 unspecified atom stereocenters. The summed E-state index contributed by atoms with van der Waals surface area (Å²) in [7, 11) is 1.54. The van der Waals surface area contributed by atoms with Gasteiger partial charge in [0.1, 0.15) is 0 Å². The average Bonchev–Trinajstić information content (AvgIpc) is 2.41. The van der Waals surface area contributed by atoms with Gasteiger partial charge in [0.25, 0.3) is 0 Å². The standard InChI is InChI=1S/C13H18F3NO2S/c1-19-6-4-17-9-10-2-3-11(20-7-5-18)8-12(10)13(14,15)16/h2-3,8,17-18H,4-7,9H2,1H3. The van der Waals surface area contributed by atoms with E-state index in [9.17, 15) is 13.2 Å². The van der Waals surface area contributed by atoms with Crippen LogP contribution in [0.25, 0.3) is 0 Å². The van der Waals surface area contributed by atoms with E-state index in [1.165, 1.54) is 24.9 Å². The Labute approximate surface area is 120 Å². The second-order valence-electron chi connectivity index (χ2n) is 4.06. The summed E-state index contributed by atoms with van der Waals surface area (Å²) in [4.78, 5) is 0.506. The molecular formula is C13H18F3NO2S. The summed E-state index contributed by atoms with van der Waals surface area (Å²) < 4.78 is 43.9. The van der Waals surface area contributed by atoms with Crippen molar-refractivity contribution in [3.63, 3.8) is 0 Å². The number of alkyl halides is 3. The Balaban J connectivity index is 2.81. The van der Waals surface area contributed by atoms with Gasteiger partial charge in [-0.2, -0.15) is 13.2 Å². The third-order valence-corrected chi connectivity index (χ3v) is 3.52. The molecule has 0 atom stereocenters. The highest BCUT2D eigenvalue weighted by Gasteiger charge is 2.33. The summed E-state index contributed by atoms with van der Waals surface area (Å²) >= 11 is 1.20. The number of hydrogen-bond acceptors (Lipinski definition) is 4. The van der Waals surface area contributed by atoms with E-state index in [0.29, 0.717) is 23.8 Å². The van der Waals surface area contributed by atoms with Gasteiger partial charge in [0, 0.05) is 30.8 Å². The van der Waals surface area contributed by atoms with Gasteiger partial charge >= 0.3 is 6.18 Å². The molecule has 0 aliphatic heterocycles. The summed E-state index contributed by atoms with van der Waals surface area (Å²) in [6.07, 6.45) is -4.38. The normalized spacial score (nSPS) is 11.8. The lowest BCUT2D eigenvalue weighted by molar-refractivity contribution is -0.138. The van der Waals surface area contributed by atoms with Crippen LogP contribution in [0.3, 0.4) is 0 Å². The van der Waals surface area contributed by atoms with E-state index >= 15 is 0 Å². The molecule has 0 bridgehead atoms. The van der Waals surface area contributed by atoms with Gasteiger partial charge in [0.05, 0.1) is 18.8 Å². The number of thioether (sulfide) groups is 1. The second kappa shape index (κ2) is 8.51. The number of ether oxygens (including phenoxy) is 1. The Kier molecular flexibility index (Phi) is 7.36. The first-order valence-electron chi connectivity index (χ1n) is 6.12. The lowest BCUT2D eigenvalue weighted by atomic mass is 10.1. The second-order valence-corrected chi connectivity index (χ2v) is 5.23. The lowest BCUT2D eigenvalue weighted by Crippen LogP contribution is -2.21. The SMILES string of the molecule is COCCNCc1ccc(SCCO)cc1C(F)(F)F. The smallest absolute Gasteiger partial charge is 0.396 e. The molecule has 0 saturated carbocycles. The van der Waals surface area contributed by atoms with Crippen LogP contribution in [-0.2, 0) is 17.5 Å². The molecule has 0 aliphatic carbocycles. The molecule has 2 N–H and O–H groups in total. The number of benzene rings is 1. The molecule has 7 heteroatoms. The topological polar surface area (TPSA) is 41.5 Å². The van der Waals surface area contributed by atoms with Crippen LogP contribution in [0.2, 0.25) is 0 Å². The average molecular weight is 309 g/mol. The van der Waals surface area contributed by atoms with Crippen LogP contribution >= 0.6 is 11.8 Å². The number of aliphatic hydroxyl groups excluding tert-OH is 1. The molecule has 0 fully saturated rings. The Morgan fingerprint density at radius 1 is 1.35 bits per heavy atom. The molecule has 0 saturated heterocycles. The molecule has 3 nitrogen and oxygen atoms in total. The zero-order chi connectivity index (χ0) is 15.0. The molecule has 1 rings (SSSR count). The van der Waals surface area contributed by atoms with Crippen LogP contribution in [0.15, 0.2) is 23.1 Å². The molecule has 1 aromatic rings. The number of hydrogen-bond donors (Lipinski definition) is 2. The van der Waals surface area contributed by atoms with Crippen molar-refractivity contribution in [3.05, 3.63) is 29.3 Å². The molecule has 20 heavy (non-hydrogen) atoms. The fourth-order valence-electron chi connectivity index (χ4n) is 1.62. The first-order valence-corrected chi connectivity index (χ1v) is 7.11. The Morgan fingerprint density at radius 2 is 2.10 bits per heavy atom. The largest absolute Gasteiger partial charge is 0.416 e. The molecule has 0 amide bonds. The number of halogens is 3. The predicted octanol–water partition coefficient (Wildman–Crippen LogP) is 2.53. The fraction of sp³-hybridized carbons (Fsp3) is 0.538. The van der Waals surface area contributed by atoms with Crippen molar-refractivity contribution in [2.24, 2.45) is 0 Å². The summed E-state index contributed by atoms with van der Waals surface area (Å²) in [5.41, 5.74) is -0.424. The number of nitrogens with one attached hydrogen (secondary N) is 1. The predicted molar refractivity (Wildman–Crippen MR) is 72.8 cm³/mol. The van der Waals surface area contributed by atoms with Crippen molar-refractivity contribution < 1.29 is 23.0 Å². The van der Waals surface area contributed by atoms with Gasteiger partial charge in [0.2, 0.25) is 0 Å². The number of methoxy groups -OCH3 is 1. The minimum atomic E-state index is -4.38. The number of rotatable bonds is 8. The zero-order valence-electron chi connectivity index (χ0n) is 11.2. The molecule has 0 aliphatic rings. The van der Waals surface area contributed by atoms with E-state index < -0.39 is 11.7 Å². The summed E-state index contributed by atoms with van der Waals surface area (Å²) in [5, 5.41) is 11.6. The highest BCUT2D eigenvalue weighted by molar-refractivity contribution is 7.99. The lowest BCUT2D eigenvalue weighted by Gasteiger charge is -2.15. The van der Waals surface area contributed by atoms with Gasteiger partial charge in [-0.25, -0.2) is 0 Å². The molecule has 0 heterocycles. The summed E-state index contributed by atoms with van der Waals surface area (Å²) in [6, 6.07) is 4.25. The number of aliphatic hydroxyl groups is 1. The van der Waals surface area contributed by atoms with Crippen molar-refractivity contribution in [2.75, 3.05) is 32.6 Å². The van der Waals surface area contributed by atoms with Crippen LogP contribution in [0.4, 0.5) is 13.2 Å². The third-order valence-electron chi connectivity index (χ3n) is 2.55. The van der Waals surface area contributed by atoms with Gasteiger partial charge in [-0.05, 0) is 17.7 Å². The maximum Gasteiger partial charge on any atom is 0.416 e. The van der Waals surface area contributed by atoms with Gasteiger partial charge < -0.3 is 15.2 Å². The molecule has 0 radical (unpaired) electrons. The van der Waals surface area contributed by atoms with Crippen molar-refractivity contribution in [1.82, 2.24) is 5.32 Å². The monoisotopic (exact) mass is 309 g/mol. The molecule has 0 spiro atoms. The first kappa shape index (κ1) is 17.3. The van der Waals surface area contributed by atoms with Crippen LogP contribution in [0.5, 0.6) is 0 Å². The minimum absolute atomic E-state index is 0.0632. The maximum atomic E-state index is 13.0. The molecule has 0 aromatic heterocycles. The van der Waals surface area contributed by atoms with Crippen LogP contribution in [0, 0.1) is 0 Å². The van der Waals surface area contributed by atoms with Gasteiger partial charge in [-0.3, -0.25) is 0 Å². The van der Waals surface area contributed by atoms with E-state index in [-0.39, 0.29) is 18.7 Å². The van der Waals surface area contributed by atoms with Crippen LogP contribution in [0.1, 0.15) is 11.1 Å². The quantitative estimate of drug-likeness (QED) is 0.572. The fourth-order valence-corrected chi connectivity index (χ4v) is 2.32. The van der Waals surface area contributed by atoms with Gasteiger partial charge in [-0.15, -0.1) is 11.8 Å². The Bertz CT molecular complexity index is 413. The highest BCUT2D eigenvalue weighted by atomic mass is 32.2. The van der Waals surface area contributed by atoms with Gasteiger partial charge in [0.15, 0.2) is 0 Å². The summed E-state index contributed by atoms with van der Waals surface area (Å²) in [5.74, 6) is 0.378. The summed E-state index contributed by atoms with van der Waals surface area (Å²) in [6.45, 7) is 1.02. The van der Waals surface area contributed by atoms with Crippen molar-refractivity contribution in [2.45, 2.75) is 17.6 Å². The zero-order valence-corrected chi connectivity index (χ0v) is 12.0. The third kappa shape index (κ3) is 5.70. The molecule has 1 aromatic carbocycles. The van der Waals surface area contributed by atoms with Crippen LogP contribution < -0.4 is 5.32 Å². The van der Waals surface area contributed by atoms with Crippen molar-refractivity contribution >= 4 is 11.8 Å². The Morgan fingerprint density at radius 3 is 2.70 bits per heavy atom. The van der Waals surface area contributed by atoms with E-state index in [4.69, 9.17) is 9.84 Å². The van der Waals surface area contributed by atoms with E-state index in [2.05, 4.69) is 5.32 Å². The van der Waals surface area contributed by atoms with Crippen molar-refractivity contribution in [1.29, 1.82) is 0 Å². The van der Waals surface area contributed by atoms with E-state index in [1.54, 1.807) is 6.07 Å². The minimum Gasteiger partial charge on any atom is -0.396 e. The van der Waals surface area contributed by atoms with Crippen molar-refractivity contribution in [3.8, 4) is 0 Å². The van der Waals surface area contributed by atoms with Crippen LogP contribution in [-0.4, -0.2) is 37.7 Å². The van der Waals surface area contributed by atoms with E-state index in [1.807, 2.05) is 0 Å². The van der Waals surface area contributed by atoms with E-state index in [0.717, 1.165) is 6.07 Å². The Hall–Kier alpha value is -0.760. The molecular weight excluding hydrogens is 291 g/mol. The molecule has 114 valence electrons. The highest BCUT2D eigenvalue weighted by Crippen LogP contribution is 2.34. The first-order chi connectivity index (χ1) is 9.49.